The van der Waals surface area contributed by atoms with E-state index in [9.17, 15) is 32.3 Å². The van der Waals surface area contributed by atoms with Gasteiger partial charge in [-0.3, -0.25) is 18.5 Å². The molecule has 0 bridgehead atoms. The average molecular weight is 518 g/mol. The number of imidazole rings is 1. The molecule has 0 aliphatic rings. The zero-order valence-electron chi connectivity index (χ0n) is 20.0. The van der Waals surface area contributed by atoms with Gasteiger partial charge in [-0.1, -0.05) is 12.1 Å². The van der Waals surface area contributed by atoms with E-state index in [4.69, 9.17) is 5.11 Å². The largest absolute Gasteiger partial charge is 0.511 e. The summed E-state index contributed by atoms with van der Waals surface area (Å²) in [5.74, 6) is -0.731. The fourth-order valence-electron chi connectivity index (χ4n) is 4.44. The van der Waals surface area contributed by atoms with E-state index in [0.717, 1.165) is 22.9 Å². The van der Waals surface area contributed by atoms with Crippen molar-refractivity contribution in [1.29, 1.82) is 0 Å². The maximum Gasteiger partial charge on any atom is 0.511 e. The van der Waals surface area contributed by atoms with Gasteiger partial charge in [0.1, 0.15) is 0 Å². The third-order valence-corrected chi connectivity index (χ3v) is 6.34. The van der Waals surface area contributed by atoms with Crippen LogP contribution in [0.5, 0.6) is 5.75 Å². The molecule has 0 spiro atoms. The van der Waals surface area contributed by atoms with Gasteiger partial charge in [-0.2, -0.15) is 13.2 Å². The zero-order chi connectivity index (χ0) is 27.4. The van der Waals surface area contributed by atoms with Crippen molar-refractivity contribution in [2.45, 2.75) is 26.1 Å². The smallest absolute Gasteiger partial charge is 0.449 e. The second kappa shape index (κ2) is 8.84. The predicted octanol–water partition coefficient (Wildman–Crippen LogP) is 3.18. The number of carbonyl (C=O) groups is 1. The zero-order valence-corrected chi connectivity index (χ0v) is 20.0. The number of benzene rings is 2. The number of aryl methyl sites for hydroxylation is 2. The number of aromatic nitrogens is 4. The van der Waals surface area contributed by atoms with E-state index in [-0.39, 0.29) is 22.5 Å². The third kappa shape index (κ3) is 4.21. The molecular formula is C24H21F3N4O6. The van der Waals surface area contributed by atoms with Crippen molar-refractivity contribution in [3.8, 4) is 11.4 Å². The van der Waals surface area contributed by atoms with Crippen LogP contribution in [0.2, 0.25) is 0 Å². The molecule has 1 N–H and O–H groups in total. The summed E-state index contributed by atoms with van der Waals surface area (Å²) >= 11 is 0. The molecule has 13 heteroatoms. The number of rotatable bonds is 4. The summed E-state index contributed by atoms with van der Waals surface area (Å²) in [6.45, 7) is 2.57. The first-order chi connectivity index (χ1) is 17.2. The van der Waals surface area contributed by atoms with E-state index in [1.54, 1.807) is 13.1 Å². The highest BCUT2D eigenvalue weighted by Crippen LogP contribution is 2.35. The van der Waals surface area contributed by atoms with Crippen molar-refractivity contribution in [2.75, 3.05) is 0 Å². The van der Waals surface area contributed by atoms with Gasteiger partial charge in [0, 0.05) is 14.1 Å². The molecule has 0 amide bonds. The molecule has 37 heavy (non-hydrogen) atoms. The van der Waals surface area contributed by atoms with Crippen LogP contribution >= 0.6 is 0 Å². The van der Waals surface area contributed by atoms with E-state index in [1.807, 2.05) is 0 Å². The van der Waals surface area contributed by atoms with Gasteiger partial charge >= 0.3 is 23.7 Å². The molecular weight excluding hydrogens is 497 g/mol. The van der Waals surface area contributed by atoms with E-state index in [2.05, 4.69) is 4.74 Å². The first kappa shape index (κ1) is 25.5. The Kier molecular flexibility index (Phi) is 6.10. The summed E-state index contributed by atoms with van der Waals surface area (Å²) in [6, 6.07) is 6.69. The molecule has 2 aromatic heterocycles. The number of carboxylic acid groups (broad SMARTS) is 1. The van der Waals surface area contributed by atoms with Gasteiger partial charge in [-0.15, -0.1) is 0 Å². The van der Waals surface area contributed by atoms with Gasteiger partial charge in [0.15, 0.2) is 0 Å². The molecule has 0 aliphatic carbocycles. The maximum atomic E-state index is 13.6. The summed E-state index contributed by atoms with van der Waals surface area (Å²) in [4.78, 5) is 50.2. The number of halogens is 3. The van der Waals surface area contributed by atoms with Gasteiger partial charge in [0.25, 0.3) is 5.56 Å². The quantitative estimate of drug-likeness (QED) is 0.415. The molecule has 0 aliphatic heterocycles. The Morgan fingerprint density at radius 2 is 1.65 bits per heavy atom. The summed E-state index contributed by atoms with van der Waals surface area (Å²) in [5.41, 5.74) is -2.35. The summed E-state index contributed by atoms with van der Waals surface area (Å²) in [7, 11) is 3.09. The van der Waals surface area contributed by atoms with Crippen molar-refractivity contribution >= 4 is 17.2 Å². The molecule has 1 unspecified atom stereocenters. The number of nitrogens with zero attached hydrogens (tertiary/aromatic N) is 4. The minimum absolute atomic E-state index is 0.0361. The molecule has 0 saturated carbocycles. The van der Waals surface area contributed by atoms with Crippen molar-refractivity contribution in [3.05, 3.63) is 90.6 Å². The van der Waals surface area contributed by atoms with Gasteiger partial charge in [0.05, 0.1) is 34.5 Å². The number of fused-ring (bicyclic) bond motifs is 1. The van der Waals surface area contributed by atoms with Crippen molar-refractivity contribution < 1.29 is 27.8 Å². The van der Waals surface area contributed by atoms with Gasteiger partial charge < -0.3 is 9.84 Å². The van der Waals surface area contributed by atoms with Crippen LogP contribution < -0.4 is 21.7 Å². The first-order valence-electron chi connectivity index (χ1n) is 10.9. The number of hydrogen-bond donors (Lipinski definition) is 1. The van der Waals surface area contributed by atoms with Crippen molar-refractivity contribution in [2.24, 2.45) is 14.1 Å². The summed E-state index contributed by atoms with van der Waals surface area (Å²) < 4.78 is 49.4. The fraction of sp³-hybridized carbons (Fsp3) is 0.250. The second-order valence-electron chi connectivity index (χ2n) is 8.46. The van der Waals surface area contributed by atoms with Crippen LogP contribution in [-0.4, -0.2) is 29.5 Å². The third-order valence-electron chi connectivity index (χ3n) is 6.34. The van der Waals surface area contributed by atoms with Crippen LogP contribution in [0.15, 0.2) is 57.0 Å². The van der Waals surface area contributed by atoms with Crippen LogP contribution in [0.3, 0.4) is 0 Å². The Hall–Kier alpha value is -4.55. The molecule has 2 heterocycles. The fourth-order valence-corrected chi connectivity index (χ4v) is 4.44. The molecule has 1 atom stereocenters. The van der Waals surface area contributed by atoms with Crippen molar-refractivity contribution in [1.82, 2.24) is 18.3 Å². The molecule has 194 valence electrons. The minimum Gasteiger partial charge on any atom is -0.449 e. The summed E-state index contributed by atoms with van der Waals surface area (Å²) in [6.07, 6.45) is -5.60. The molecule has 2 aromatic carbocycles. The number of hydrogen-bond acceptors (Lipinski definition) is 5. The molecule has 0 saturated heterocycles. The minimum atomic E-state index is -4.67. The highest BCUT2D eigenvalue weighted by Gasteiger charge is 2.34. The first-order valence-corrected chi connectivity index (χ1v) is 10.9. The van der Waals surface area contributed by atoms with Crippen LogP contribution in [0.4, 0.5) is 18.0 Å². The van der Waals surface area contributed by atoms with E-state index in [0.29, 0.717) is 15.6 Å². The molecule has 10 nitrogen and oxygen atoms in total. The topological polar surface area (TPSA) is 117 Å². The van der Waals surface area contributed by atoms with E-state index < -0.39 is 40.9 Å². The SMILES string of the molecule is Cc1c(C(C)n2c(=O)c(OC(=O)O)cn(-c3ccc4c(c3)n(C)c(=O)n4C)c2=O)cccc1C(F)(F)F. The molecule has 0 fully saturated rings. The van der Waals surface area contributed by atoms with Gasteiger partial charge in [-0.25, -0.2) is 19.0 Å². The Bertz CT molecular complexity index is 1740. The Morgan fingerprint density at radius 3 is 2.27 bits per heavy atom. The highest BCUT2D eigenvalue weighted by molar-refractivity contribution is 5.78. The molecule has 4 aromatic rings. The Morgan fingerprint density at radius 1 is 1.00 bits per heavy atom. The van der Waals surface area contributed by atoms with Crippen molar-refractivity contribution in [3.63, 3.8) is 0 Å². The lowest BCUT2D eigenvalue weighted by molar-refractivity contribution is -0.138. The monoisotopic (exact) mass is 518 g/mol. The Labute approximate surface area is 206 Å². The van der Waals surface area contributed by atoms with Crippen LogP contribution in [-0.2, 0) is 20.3 Å². The van der Waals surface area contributed by atoms with Crippen LogP contribution in [0, 0.1) is 6.92 Å². The number of alkyl halides is 3. The van der Waals surface area contributed by atoms with Crippen LogP contribution in [0.25, 0.3) is 16.7 Å². The second-order valence-corrected chi connectivity index (χ2v) is 8.46. The van der Waals surface area contributed by atoms with Gasteiger partial charge in [-0.05, 0) is 49.2 Å². The molecule has 0 radical (unpaired) electrons. The highest BCUT2D eigenvalue weighted by atomic mass is 19.4. The lowest BCUT2D eigenvalue weighted by Gasteiger charge is -2.21. The normalized spacial score (nSPS) is 12.6. The standard InChI is InChI=1S/C24H21F3N4O6/c1-12-15(6-5-7-16(12)24(25,26)27)13(2)31-20(32)19(37-23(35)36)11-30(22(31)34)14-8-9-17-18(10-14)29(4)21(33)28(17)3/h5-11,13H,1-4H3,(H,35,36). The van der Waals surface area contributed by atoms with E-state index in [1.165, 1.54) is 48.2 Å². The average Bonchev–Trinajstić information content (AvgIpc) is 3.03. The lowest BCUT2D eigenvalue weighted by Crippen LogP contribution is -2.42. The lowest BCUT2D eigenvalue weighted by atomic mass is 9.97. The Balaban J connectivity index is 2.01. The van der Waals surface area contributed by atoms with Gasteiger partial charge in [0.2, 0.25) is 5.75 Å². The number of ether oxygens (including phenoxy) is 1. The maximum absolute atomic E-state index is 13.6. The van der Waals surface area contributed by atoms with E-state index >= 15 is 0 Å². The summed E-state index contributed by atoms with van der Waals surface area (Å²) in [5, 5.41) is 9.13. The predicted molar refractivity (Wildman–Crippen MR) is 127 cm³/mol. The van der Waals surface area contributed by atoms with Crippen LogP contribution in [0.1, 0.15) is 29.7 Å². The molecule has 4 rings (SSSR count).